The Morgan fingerprint density at radius 3 is 2.40 bits per heavy atom. The van der Waals surface area contributed by atoms with Crippen molar-refractivity contribution in [3.05, 3.63) is 35.6 Å². The Bertz CT molecular complexity index is 426. The van der Waals surface area contributed by atoms with E-state index in [1.807, 2.05) is 0 Å². The van der Waals surface area contributed by atoms with Gasteiger partial charge in [-0.15, -0.1) is 0 Å². The van der Waals surface area contributed by atoms with Gasteiger partial charge in [0.1, 0.15) is 11.4 Å². The molecule has 112 valence electrons. The van der Waals surface area contributed by atoms with Crippen LogP contribution in [0.25, 0.3) is 0 Å². The third-order valence-corrected chi connectivity index (χ3v) is 2.48. The lowest BCUT2D eigenvalue weighted by molar-refractivity contribution is 0.0469. The molecule has 0 saturated heterocycles. The van der Waals surface area contributed by atoms with Gasteiger partial charge >= 0.3 is 6.09 Å². The lowest BCUT2D eigenvalue weighted by Crippen LogP contribution is -2.42. The molecule has 0 saturated carbocycles. The molecule has 0 fully saturated rings. The Balaban J connectivity index is 2.60. The normalized spacial score (nSPS) is 12.8. The highest BCUT2D eigenvalue weighted by atomic mass is 19.1. The first-order valence-corrected chi connectivity index (χ1v) is 6.53. The van der Waals surface area contributed by atoms with Gasteiger partial charge in [0.2, 0.25) is 0 Å². The fraction of sp³-hybridized carbons (Fsp3) is 0.533. The molecular weight excluding hydrogens is 261 g/mol. The van der Waals surface area contributed by atoms with Gasteiger partial charge in [-0.25, -0.2) is 9.18 Å². The highest BCUT2D eigenvalue weighted by Gasteiger charge is 2.19. The SMILES string of the molecule is COCC(Cc1ccc(F)cc1)NC(=O)OC(C)(C)C. The van der Waals surface area contributed by atoms with E-state index in [0.717, 1.165) is 5.56 Å². The van der Waals surface area contributed by atoms with E-state index in [2.05, 4.69) is 5.32 Å². The predicted molar refractivity (Wildman–Crippen MR) is 75.1 cm³/mol. The summed E-state index contributed by atoms with van der Waals surface area (Å²) in [5, 5.41) is 2.76. The second kappa shape index (κ2) is 7.24. The molecule has 0 bridgehead atoms. The molecule has 1 amide bonds. The summed E-state index contributed by atoms with van der Waals surface area (Å²) in [6.07, 6.45) is 0.0644. The molecule has 1 atom stereocenters. The van der Waals surface area contributed by atoms with Gasteiger partial charge in [-0.3, -0.25) is 0 Å². The van der Waals surface area contributed by atoms with Crippen LogP contribution >= 0.6 is 0 Å². The predicted octanol–water partition coefficient (Wildman–Crippen LogP) is 2.91. The number of hydrogen-bond acceptors (Lipinski definition) is 3. The first-order valence-electron chi connectivity index (χ1n) is 6.53. The standard InChI is InChI=1S/C15H22FNO3/c1-15(2,3)20-14(18)17-13(10-19-4)9-11-5-7-12(16)8-6-11/h5-8,13H,9-10H2,1-4H3,(H,17,18). The number of alkyl carbamates (subject to hydrolysis) is 1. The van der Waals surface area contributed by atoms with E-state index in [1.165, 1.54) is 12.1 Å². The number of rotatable bonds is 5. The van der Waals surface area contributed by atoms with Gasteiger partial charge < -0.3 is 14.8 Å². The Labute approximate surface area is 119 Å². The molecule has 0 radical (unpaired) electrons. The summed E-state index contributed by atoms with van der Waals surface area (Å²) in [7, 11) is 1.56. The molecule has 0 aromatic heterocycles. The fourth-order valence-electron chi connectivity index (χ4n) is 1.73. The first kappa shape index (κ1) is 16.4. The molecular formula is C15H22FNO3. The average molecular weight is 283 g/mol. The number of hydrogen-bond donors (Lipinski definition) is 1. The van der Waals surface area contributed by atoms with Crippen LogP contribution in [-0.2, 0) is 15.9 Å². The minimum absolute atomic E-state index is 0.222. The molecule has 0 aliphatic heterocycles. The summed E-state index contributed by atoms with van der Waals surface area (Å²) >= 11 is 0. The molecule has 0 spiro atoms. The molecule has 0 aliphatic rings. The fourth-order valence-corrected chi connectivity index (χ4v) is 1.73. The monoisotopic (exact) mass is 283 g/mol. The summed E-state index contributed by atoms with van der Waals surface area (Å²) < 4.78 is 23.1. The number of halogens is 1. The molecule has 1 unspecified atom stereocenters. The number of carbonyl (C=O) groups excluding carboxylic acids is 1. The van der Waals surface area contributed by atoms with Crippen molar-refractivity contribution < 1.29 is 18.7 Å². The minimum atomic E-state index is -0.544. The zero-order chi connectivity index (χ0) is 15.2. The van der Waals surface area contributed by atoms with Crippen molar-refractivity contribution in [3.8, 4) is 0 Å². The number of amides is 1. The highest BCUT2D eigenvalue weighted by molar-refractivity contribution is 5.68. The van der Waals surface area contributed by atoms with E-state index in [0.29, 0.717) is 13.0 Å². The van der Waals surface area contributed by atoms with E-state index in [4.69, 9.17) is 9.47 Å². The molecule has 0 aliphatic carbocycles. The van der Waals surface area contributed by atoms with Crippen LogP contribution in [0.5, 0.6) is 0 Å². The summed E-state index contributed by atoms with van der Waals surface area (Å²) in [5.74, 6) is -0.280. The van der Waals surface area contributed by atoms with Crippen LogP contribution in [0.3, 0.4) is 0 Å². The van der Waals surface area contributed by atoms with Gasteiger partial charge in [0.25, 0.3) is 0 Å². The summed E-state index contributed by atoms with van der Waals surface area (Å²) in [6.45, 7) is 5.77. The minimum Gasteiger partial charge on any atom is -0.444 e. The third-order valence-electron chi connectivity index (χ3n) is 2.48. The maximum Gasteiger partial charge on any atom is 0.407 e. The molecule has 0 heterocycles. The largest absolute Gasteiger partial charge is 0.444 e. The molecule has 1 aromatic rings. The van der Waals surface area contributed by atoms with Gasteiger partial charge in [0.05, 0.1) is 12.6 Å². The quantitative estimate of drug-likeness (QED) is 0.904. The average Bonchev–Trinajstić information content (AvgIpc) is 2.30. The lowest BCUT2D eigenvalue weighted by atomic mass is 10.1. The zero-order valence-electron chi connectivity index (χ0n) is 12.4. The van der Waals surface area contributed by atoms with E-state index in [9.17, 15) is 9.18 Å². The Morgan fingerprint density at radius 2 is 1.90 bits per heavy atom. The summed E-state index contributed by atoms with van der Waals surface area (Å²) in [4.78, 5) is 11.7. The Kier molecular flexibility index (Phi) is 5.95. The van der Waals surface area contributed by atoms with Crippen LogP contribution in [0.1, 0.15) is 26.3 Å². The molecule has 1 N–H and O–H groups in total. The van der Waals surface area contributed by atoms with Gasteiger partial charge in [-0.2, -0.15) is 0 Å². The molecule has 1 aromatic carbocycles. The summed E-state index contributed by atoms with van der Waals surface area (Å²) in [5.41, 5.74) is 0.377. The van der Waals surface area contributed by atoms with E-state index in [-0.39, 0.29) is 11.9 Å². The van der Waals surface area contributed by atoms with Gasteiger partial charge in [-0.05, 0) is 44.9 Å². The second-order valence-electron chi connectivity index (χ2n) is 5.63. The van der Waals surface area contributed by atoms with E-state index < -0.39 is 11.7 Å². The van der Waals surface area contributed by atoms with Gasteiger partial charge in [0, 0.05) is 7.11 Å². The smallest absolute Gasteiger partial charge is 0.407 e. The van der Waals surface area contributed by atoms with Crippen molar-refractivity contribution in [3.63, 3.8) is 0 Å². The van der Waals surface area contributed by atoms with E-state index in [1.54, 1.807) is 40.0 Å². The Morgan fingerprint density at radius 1 is 1.30 bits per heavy atom. The zero-order valence-corrected chi connectivity index (χ0v) is 12.4. The molecule has 1 rings (SSSR count). The van der Waals surface area contributed by atoms with Crippen molar-refractivity contribution in [2.75, 3.05) is 13.7 Å². The highest BCUT2D eigenvalue weighted by Crippen LogP contribution is 2.09. The van der Waals surface area contributed by atoms with Crippen LogP contribution in [0.2, 0.25) is 0 Å². The Hall–Kier alpha value is -1.62. The van der Waals surface area contributed by atoms with Crippen molar-refractivity contribution in [2.24, 2.45) is 0 Å². The van der Waals surface area contributed by atoms with Crippen LogP contribution in [0.4, 0.5) is 9.18 Å². The van der Waals surface area contributed by atoms with Crippen molar-refractivity contribution in [1.82, 2.24) is 5.32 Å². The van der Waals surface area contributed by atoms with Gasteiger partial charge in [-0.1, -0.05) is 12.1 Å². The number of ether oxygens (including phenoxy) is 2. The van der Waals surface area contributed by atoms with Crippen molar-refractivity contribution in [1.29, 1.82) is 0 Å². The van der Waals surface area contributed by atoms with Crippen LogP contribution in [-0.4, -0.2) is 31.5 Å². The van der Waals surface area contributed by atoms with Crippen molar-refractivity contribution in [2.45, 2.75) is 38.8 Å². The number of methoxy groups -OCH3 is 1. The first-order chi connectivity index (χ1) is 9.30. The maximum atomic E-state index is 12.9. The molecule has 20 heavy (non-hydrogen) atoms. The number of benzene rings is 1. The number of carbonyl (C=O) groups is 1. The lowest BCUT2D eigenvalue weighted by Gasteiger charge is -2.23. The maximum absolute atomic E-state index is 12.9. The number of nitrogens with one attached hydrogen (secondary N) is 1. The van der Waals surface area contributed by atoms with Gasteiger partial charge in [0.15, 0.2) is 0 Å². The van der Waals surface area contributed by atoms with Crippen LogP contribution < -0.4 is 5.32 Å². The molecule has 4 nitrogen and oxygen atoms in total. The third kappa shape index (κ3) is 6.52. The van der Waals surface area contributed by atoms with Crippen LogP contribution in [0, 0.1) is 5.82 Å². The van der Waals surface area contributed by atoms with Crippen LogP contribution in [0.15, 0.2) is 24.3 Å². The van der Waals surface area contributed by atoms with Crippen molar-refractivity contribution >= 4 is 6.09 Å². The summed E-state index contributed by atoms with van der Waals surface area (Å²) in [6, 6.07) is 5.95. The van der Waals surface area contributed by atoms with E-state index >= 15 is 0 Å². The second-order valence-corrected chi connectivity index (χ2v) is 5.63. The topological polar surface area (TPSA) is 47.6 Å². The molecule has 5 heteroatoms.